The highest BCUT2D eigenvalue weighted by atomic mass is 32.1. The second-order valence-corrected chi connectivity index (χ2v) is 15.4. The number of aryl methyl sites for hydroxylation is 2. The van der Waals surface area contributed by atoms with Crippen molar-refractivity contribution in [3.8, 4) is 5.88 Å². The highest BCUT2D eigenvalue weighted by Gasteiger charge is 2.38. The summed E-state index contributed by atoms with van der Waals surface area (Å²) in [6, 6.07) is 13.0. The molecule has 2 aliphatic heterocycles. The highest BCUT2D eigenvalue weighted by molar-refractivity contribution is 7.12. The number of rotatable bonds is 11. The molecule has 3 aromatic rings. The number of aromatic nitrogens is 1. The first-order chi connectivity index (χ1) is 21.8. The second kappa shape index (κ2) is 13.2. The number of carbonyl (C=O) groups excluding carboxylic acids is 1. The van der Waals surface area contributed by atoms with Gasteiger partial charge in [-0.05, 0) is 99.8 Å². The number of thiophene rings is 1. The molecule has 0 radical (unpaired) electrons. The number of benzene rings is 1. The van der Waals surface area contributed by atoms with E-state index in [0.29, 0.717) is 37.0 Å². The van der Waals surface area contributed by atoms with Crippen molar-refractivity contribution in [2.75, 3.05) is 26.2 Å². The molecule has 240 valence electrons. The number of hydrogen-bond acceptors (Lipinski definition) is 6. The number of likely N-dealkylation sites (tertiary alicyclic amines) is 1. The first-order valence-electron chi connectivity index (χ1n) is 17.2. The van der Waals surface area contributed by atoms with E-state index in [1.165, 1.54) is 53.8 Å². The minimum Gasteiger partial charge on any atom is -0.473 e. The number of fused-ring (bicyclic) bond motifs is 1. The first-order valence-corrected chi connectivity index (χ1v) is 18.1. The van der Waals surface area contributed by atoms with E-state index in [1.807, 2.05) is 41.4 Å². The Hall–Kier alpha value is -2.74. The molecule has 1 atom stereocenters. The summed E-state index contributed by atoms with van der Waals surface area (Å²) in [6.45, 7) is 13.7. The lowest BCUT2D eigenvalue weighted by Crippen LogP contribution is -2.57. The second-order valence-electron chi connectivity index (χ2n) is 14.2. The lowest BCUT2D eigenvalue weighted by Gasteiger charge is -2.46. The zero-order chi connectivity index (χ0) is 31.1. The Morgan fingerprint density at radius 3 is 2.51 bits per heavy atom. The fraction of sp³-hybridized carbons (Fsp3) is 0.579. The number of pyridine rings is 1. The third-order valence-corrected chi connectivity index (χ3v) is 12.4. The molecule has 7 rings (SSSR count). The van der Waals surface area contributed by atoms with Gasteiger partial charge in [-0.1, -0.05) is 37.3 Å². The van der Waals surface area contributed by atoms with Crippen molar-refractivity contribution in [1.29, 1.82) is 0 Å². The lowest BCUT2D eigenvalue weighted by atomic mass is 9.76. The Kier molecular flexibility index (Phi) is 9.04. The Morgan fingerprint density at radius 1 is 1.02 bits per heavy atom. The summed E-state index contributed by atoms with van der Waals surface area (Å²) in [4.78, 5) is 26.2. The van der Waals surface area contributed by atoms with Crippen LogP contribution in [0.4, 0.5) is 0 Å². The third kappa shape index (κ3) is 6.72. The van der Waals surface area contributed by atoms with Crippen LogP contribution in [0, 0.1) is 32.6 Å². The first kappa shape index (κ1) is 30.9. The van der Waals surface area contributed by atoms with Crippen molar-refractivity contribution in [2.45, 2.75) is 104 Å². The van der Waals surface area contributed by atoms with E-state index >= 15 is 0 Å². The van der Waals surface area contributed by atoms with Crippen LogP contribution in [0.1, 0.15) is 99.4 Å². The number of carbonyl (C=O) groups is 1. The molecule has 1 aromatic carbocycles. The molecular formula is C38H49N3O3S. The Balaban J connectivity index is 0.982. The minimum atomic E-state index is 0.164. The molecule has 2 aromatic heterocycles. The van der Waals surface area contributed by atoms with E-state index in [2.05, 4.69) is 43.9 Å². The summed E-state index contributed by atoms with van der Waals surface area (Å²) in [5.74, 6) is 2.85. The van der Waals surface area contributed by atoms with Crippen LogP contribution in [-0.2, 0) is 24.3 Å². The van der Waals surface area contributed by atoms with E-state index in [9.17, 15) is 4.79 Å². The molecule has 45 heavy (non-hydrogen) atoms. The van der Waals surface area contributed by atoms with Crippen LogP contribution in [0.3, 0.4) is 0 Å². The topological polar surface area (TPSA) is 54.9 Å². The predicted molar refractivity (Wildman–Crippen MR) is 180 cm³/mol. The summed E-state index contributed by atoms with van der Waals surface area (Å²) in [6.07, 6.45) is 9.28. The molecule has 4 heterocycles. The quantitative estimate of drug-likeness (QED) is 0.219. The van der Waals surface area contributed by atoms with Crippen molar-refractivity contribution in [3.63, 3.8) is 0 Å². The number of amides is 1. The largest absolute Gasteiger partial charge is 0.473 e. The molecular weight excluding hydrogens is 579 g/mol. The van der Waals surface area contributed by atoms with Crippen LogP contribution in [0.15, 0.2) is 36.4 Å². The number of nitrogens with zero attached hydrogens (tertiary/aromatic N) is 3. The van der Waals surface area contributed by atoms with Crippen LogP contribution < -0.4 is 4.74 Å². The maximum atomic E-state index is 14.0. The van der Waals surface area contributed by atoms with Crippen LogP contribution in [0.2, 0.25) is 0 Å². The highest BCUT2D eigenvalue weighted by Crippen LogP contribution is 2.44. The molecule has 6 nitrogen and oxygen atoms in total. The lowest BCUT2D eigenvalue weighted by molar-refractivity contribution is -0.0820. The van der Waals surface area contributed by atoms with Gasteiger partial charge in [0.15, 0.2) is 0 Å². The van der Waals surface area contributed by atoms with Gasteiger partial charge < -0.3 is 14.4 Å². The van der Waals surface area contributed by atoms with Gasteiger partial charge in [0.05, 0.1) is 18.2 Å². The van der Waals surface area contributed by atoms with E-state index in [0.717, 1.165) is 72.6 Å². The van der Waals surface area contributed by atoms with Gasteiger partial charge in [0, 0.05) is 59.7 Å². The van der Waals surface area contributed by atoms with Gasteiger partial charge in [0.2, 0.25) is 5.88 Å². The van der Waals surface area contributed by atoms with Crippen molar-refractivity contribution >= 4 is 17.2 Å². The molecule has 1 saturated heterocycles. The Morgan fingerprint density at radius 2 is 1.78 bits per heavy atom. The van der Waals surface area contributed by atoms with Gasteiger partial charge in [0.1, 0.15) is 6.61 Å². The number of ether oxygens (including phenoxy) is 2. The van der Waals surface area contributed by atoms with Gasteiger partial charge in [-0.25, -0.2) is 4.98 Å². The molecule has 0 spiro atoms. The molecule has 2 aliphatic carbocycles. The van der Waals surface area contributed by atoms with Crippen molar-refractivity contribution in [1.82, 2.24) is 14.8 Å². The summed E-state index contributed by atoms with van der Waals surface area (Å²) in [5, 5.41) is 0. The minimum absolute atomic E-state index is 0.164. The Labute approximate surface area is 273 Å². The zero-order valence-electron chi connectivity index (χ0n) is 27.5. The smallest absolute Gasteiger partial charge is 0.255 e. The predicted octanol–water partition coefficient (Wildman–Crippen LogP) is 7.62. The maximum Gasteiger partial charge on any atom is 0.255 e. The van der Waals surface area contributed by atoms with Crippen molar-refractivity contribution in [3.05, 3.63) is 79.7 Å². The van der Waals surface area contributed by atoms with Gasteiger partial charge in [0.25, 0.3) is 5.91 Å². The van der Waals surface area contributed by atoms with Gasteiger partial charge >= 0.3 is 0 Å². The summed E-state index contributed by atoms with van der Waals surface area (Å²) in [7, 11) is 0. The molecule has 0 bridgehead atoms. The normalized spacial score (nSPS) is 23.1. The third-order valence-electron chi connectivity index (χ3n) is 10.9. The molecule has 1 amide bonds. The van der Waals surface area contributed by atoms with Gasteiger partial charge in [-0.3, -0.25) is 9.69 Å². The fourth-order valence-electron chi connectivity index (χ4n) is 7.80. The molecule has 7 heteroatoms. The van der Waals surface area contributed by atoms with Crippen LogP contribution in [0.5, 0.6) is 5.88 Å². The fourth-order valence-corrected chi connectivity index (χ4v) is 9.23. The summed E-state index contributed by atoms with van der Waals surface area (Å²) >= 11 is 1.91. The summed E-state index contributed by atoms with van der Waals surface area (Å²) < 4.78 is 12.4. The van der Waals surface area contributed by atoms with E-state index in [1.54, 1.807) is 0 Å². The maximum absolute atomic E-state index is 14.0. The molecule has 2 saturated carbocycles. The van der Waals surface area contributed by atoms with E-state index < -0.39 is 0 Å². The van der Waals surface area contributed by atoms with E-state index in [4.69, 9.17) is 14.5 Å². The van der Waals surface area contributed by atoms with Crippen LogP contribution >= 0.6 is 11.3 Å². The van der Waals surface area contributed by atoms with Crippen LogP contribution in [-0.4, -0.2) is 59.1 Å². The number of hydrogen-bond donors (Lipinski definition) is 0. The SMILES string of the molecule is Cc1cc(C)c(CN2CCc3sc([C@H](C)[C@H]4CC[C@H](N5CC(OCC6CC6)C5)CC4)c(C)c3C2=O)c(OCc2ccccc2)n1. The van der Waals surface area contributed by atoms with Crippen LogP contribution in [0.25, 0.3) is 0 Å². The average Bonchev–Trinajstić information content (AvgIpc) is 3.79. The molecule has 3 fully saturated rings. The van der Waals surface area contributed by atoms with Gasteiger partial charge in [-0.2, -0.15) is 0 Å². The molecule has 4 aliphatic rings. The zero-order valence-corrected chi connectivity index (χ0v) is 28.3. The van der Waals surface area contributed by atoms with Gasteiger partial charge in [-0.15, -0.1) is 11.3 Å². The van der Waals surface area contributed by atoms with E-state index in [-0.39, 0.29) is 5.91 Å². The summed E-state index contributed by atoms with van der Waals surface area (Å²) in [5.41, 5.74) is 6.35. The molecule has 0 unspecified atom stereocenters. The molecule has 0 N–H and O–H groups in total. The van der Waals surface area contributed by atoms with Crippen molar-refractivity contribution < 1.29 is 14.3 Å². The average molecular weight is 628 g/mol. The standard InChI is InChI=1S/C38H49N3O3S/c1-24-18-25(2)39-37(44-23-28-8-6-5-7-9-28)33(24)21-40-17-16-34-35(38(40)42)27(4)36(45-34)26(3)30-12-14-31(15-13-30)41-19-32(20-41)43-22-29-10-11-29/h5-9,18,26,29-32H,10-17,19-23H2,1-4H3/t26-,30-,31-/m1/s1. The van der Waals surface area contributed by atoms with Crippen molar-refractivity contribution in [2.24, 2.45) is 11.8 Å². The monoisotopic (exact) mass is 627 g/mol. The Bertz CT molecular complexity index is 1500.